The van der Waals surface area contributed by atoms with Gasteiger partial charge in [-0.3, -0.25) is 9.69 Å². The Morgan fingerprint density at radius 1 is 0.742 bits per heavy atom. The minimum absolute atomic E-state index is 0.149. The van der Waals surface area contributed by atoms with Crippen LogP contribution < -0.4 is 10.2 Å². The molecule has 0 aliphatic carbocycles. The van der Waals surface area contributed by atoms with Gasteiger partial charge in [0.05, 0.1) is 0 Å². The van der Waals surface area contributed by atoms with Crippen LogP contribution in [0.3, 0.4) is 0 Å². The van der Waals surface area contributed by atoms with Crippen molar-refractivity contribution in [1.29, 1.82) is 0 Å². The summed E-state index contributed by atoms with van der Waals surface area (Å²) in [6, 6.07) is 20.4. The monoisotopic (exact) mass is 421 g/mol. The first-order chi connectivity index (χ1) is 15.1. The standard InChI is InChI=1S/C25H25F2N3O/c26-22-7-3-19(4-8-22)17-28-25(31)21-5-1-20(2-6-21)18-29-13-15-30(16-14-29)24-11-9-23(27)10-12-24/h1-12H,13-18H2,(H,28,31). The van der Waals surface area contributed by atoms with Crippen LogP contribution in [-0.2, 0) is 13.1 Å². The fraction of sp³-hybridized carbons (Fsp3) is 0.240. The Labute approximate surface area is 181 Å². The lowest BCUT2D eigenvalue weighted by Gasteiger charge is -2.36. The van der Waals surface area contributed by atoms with Crippen LogP contribution in [0, 0.1) is 11.6 Å². The molecule has 4 nitrogen and oxygen atoms in total. The molecule has 0 unspecified atom stereocenters. The number of benzene rings is 3. The van der Waals surface area contributed by atoms with Crippen molar-refractivity contribution in [3.63, 3.8) is 0 Å². The molecule has 1 aliphatic rings. The fourth-order valence-corrected chi connectivity index (χ4v) is 3.72. The van der Waals surface area contributed by atoms with E-state index in [1.54, 1.807) is 12.1 Å². The van der Waals surface area contributed by atoms with E-state index in [1.807, 2.05) is 36.4 Å². The second-order valence-corrected chi connectivity index (χ2v) is 7.75. The maximum atomic E-state index is 13.1. The third-order valence-electron chi connectivity index (χ3n) is 5.55. The number of carbonyl (C=O) groups is 1. The summed E-state index contributed by atoms with van der Waals surface area (Å²) in [6.07, 6.45) is 0. The highest BCUT2D eigenvalue weighted by Crippen LogP contribution is 2.18. The summed E-state index contributed by atoms with van der Waals surface area (Å²) in [6.45, 7) is 4.84. The molecule has 0 bridgehead atoms. The highest BCUT2D eigenvalue weighted by Gasteiger charge is 2.17. The lowest BCUT2D eigenvalue weighted by atomic mass is 10.1. The lowest BCUT2D eigenvalue weighted by molar-refractivity contribution is 0.0951. The third kappa shape index (κ3) is 5.67. The summed E-state index contributed by atoms with van der Waals surface area (Å²) in [5.41, 5.74) is 3.67. The smallest absolute Gasteiger partial charge is 0.251 e. The summed E-state index contributed by atoms with van der Waals surface area (Å²) in [7, 11) is 0. The highest BCUT2D eigenvalue weighted by atomic mass is 19.1. The van der Waals surface area contributed by atoms with Gasteiger partial charge in [-0.05, 0) is 59.7 Å². The van der Waals surface area contributed by atoms with E-state index in [-0.39, 0.29) is 17.5 Å². The van der Waals surface area contributed by atoms with Gasteiger partial charge in [0.2, 0.25) is 0 Å². The largest absolute Gasteiger partial charge is 0.369 e. The number of carbonyl (C=O) groups excluding carboxylic acids is 1. The number of nitrogens with zero attached hydrogens (tertiary/aromatic N) is 2. The minimum Gasteiger partial charge on any atom is -0.369 e. The van der Waals surface area contributed by atoms with Crippen LogP contribution >= 0.6 is 0 Å². The summed E-state index contributed by atoms with van der Waals surface area (Å²) < 4.78 is 26.1. The van der Waals surface area contributed by atoms with Gasteiger partial charge < -0.3 is 10.2 Å². The highest BCUT2D eigenvalue weighted by molar-refractivity contribution is 5.94. The van der Waals surface area contributed by atoms with Crippen LogP contribution in [0.4, 0.5) is 14.5 Å². The Kier molecular flexibility index (Phi) is 6.57. The molecular weight excluding hydrogens is 396 g/mol. The summed E-state index contributed by atoms with van der Waals surface area (Å²) >= 11 is 0. The van der Waals surface area contributed by atoms with Gasteiger partial charge in [-0.2, -0.15) is 0 Å². The number of hydrogen-bond acceptors (Lipinski definition) is 3. The van der Waals surface area contributed by atoms with Crippen molar-refractivity contribution in [3.8, 4) is 0 Å². The molecule has 31 heavy (non-hydrogen) atoms. The predicted molar refractivity (Wildman–Crippen MR) is 118 cm³/mol. The SMILES string of the molecule is O=C(NCc1ccc(F)cc1)c1ccc(CN2CCN(c3ccc(F)cc3)CC2)cc1. The van der Waals surface area contributed by atoms with E-state index in [0.717, 1.165) is 49.5 Å². The average molecular weight is 421 g/mol. The van der Waals surface area contributed by atoms with Crippen LogP contribution in [0.5, 0.6) is 0 Å². The third-order valence-corrected chi connectivity index (χ3v) is 5.55. The molecule has 0 aromatic heterocycles. The zero-order chi connectivity index (χ0) is 21.6. The van der Waals surface area contributed by atoms with Crippen molar-refractivity contribution >= 4 is 11.6 Å². The normalized spacial score (nSPS) is 14.5. The van der Waals surface area contributed by atoms with Crippen LogP contribution in [0.25, 0.3) is 0 Å². The molecule has 0 radical (unpaired) electrons. The van der Waals surface area contributed by atoms with Gasteiger partial charge in [-0.15, -0.1) is 0 Å². The second kappa shape index (κ2) is 9.71. The molecule has 3 aromatic carbocycles. The topological polar surface area (TPSA) is 35.6 Å². The van der Waals surface area contributed by atoms with Gasteiger partial charge in [0.15, 0.2) is 0 Å². The Hall–Kier alpha value is -3.25. The molecule has 160 valence electrons. The van der Waals surface area contributed by atoms with Crippen molar-refractivity contribution < 1.29 is 13.6 Å². The van der Waals surface area contributed by atoms with Gasteiger partial charge in [-0.1, -0.05) is 24.3 Å². The van der Waals surface area contributed by atoms with Crippen molar-refractivity contribution in [1.82, 2.24) is 10.2 Å². The van der Waals surface area contributed by atoms with Gasteiger partial charge in [-0.25, -0.2) is 8.78 Å². The lowest BCUT2D eigenvalue weighted by Crippen LogP contribution is -2.45. The Balaban J connectivity index is 1.25. The van der Waals surface area contributed by atoms with Gasteiger partial charge in [0, 0.05) is 50.5 Å². The van der Waals surface area contributed by atoms with Gasteiger partial charge in [0.25, 0.3) is 5.91 Å². The van der Waals surface area contributed by atoms with Crippen molar-refractivity contribution in [2.45, 2.75) is 13.1 Å². The number of anilines is 1. The summed E-state index contributed by atoms with van der Waals surface area (Å²) in [4.78, 5) is 17.0. The maximum absolute atomic E-state index is 13.1. The van der Waals surface area contributed by atoms with E-state index in [4.69, 9.17) is 0 Å². The van der Waals surface area contributed by atoms with Crippen LogP contribution in [0.1, 0.15) is 21.5 Å². The molecule has 0 atom stereocenters. The quantitative estimate of drug-likeness (QED) is 0.648. The van der Waals surface area contributed by atoms with Gasteiger partial charge in [0.1, 0.15) is 11.6 Å². The van der Waals surface area contributed by atoms with E-state index in [1.165, 1.54) is 24.3 Å². The number of halogens is 2. The molecule has 1 amide bonds. The Morgan fingerprint density at radius 2 is 1.29 bits per heavy atom. The van der Waals surface area contributed by atoms with E-state index >= 15 is 0 Å². The number of nitrogens with one attached hydrogen (secondary N) is 1. The molecule has 1 saturated heterocycles. The molecule has 6 heteroatoms. The number of rotatable bonds is 6. The molecule has 1 aliphatic heterocycles. The molecule has 1 N–H and O–H groups in total. The number of amides is 1. The van der Waals surface area contributed by atoms with Gasteiger partial charge >= 0.3 is 0 Å². The van der Waals surface area contributed by atoms with E-state index < -0.39 is 0 Å². The molecule has 0 spiro atoms. The number of piperazine rings is 1. The van der Waals surface area contributed by atoms with Crippen LogP contribution in [0.2, 0.25) is 0 Å². The predicted octanol–water partition coefficient (Wildman–Crippen LogP) is 4.22. The summed E-state index contributed by atoms with van der Waals surface area (Å²) in [5, 5.41) is 2.86. The Bertz CT molecular complexity index is 996. The fourth-order valence-electron chi connectivity index (χ4n) is 3.72. The Morgan fingerprint density at radius 3 is 1.90 bits per heavy atom. The van der Waals surface area contributed by atoms with Crippen molar-refractivity contribution in [2.24, 2.45) is 0 Å². The molecular formula is C25H25F2N3O. The molecule has 4 rings (SSSR count). The van der Waals surface area contributed by atoms with Crippen LogP contribution in [0.15, 0.2) is 72.8 Å². The zero-order valence-electron chi connectivity index (χ0n) is 17.2. The first-order valence-electron chi connectivity index (χ1n) is 10.4. The van der Waals surface area contributed by atoms with E-state index in [9.17, 15) is 13.6 Å². The van der Waals surface area contributed by atoms with Crippen molar-refractivity contribution in [2.75, 3.05) is 31.1 Å². The maximum Gasteiger partial charge on any atom is 0.251 e. The first kappa shape index (κ1) is 21.0. The molecule has 3 aromatic rings. The molecule has 0 saturated carbocycles. The van der Waals surface area contributed by atoms with Crippen molar-refractivity contribution in [3.05, 3.63) is 101 Å². The van der Waals surface area contributed by atoms with Crippen LogP contribution in [-0.4, -0.2) is 37.0 Å². The van der Waals surface area contributed by atoms with E-state index in [2.05, 4.69) is 15.1 Å². The minimum atomic E-state index is -0.289. The van der Waals surface area contributed by atoms with E-state index in [0.29, 0.717) is 12.1 Å². The number of hydrogen-bond donors (Lipinski definition) is 1. The average Bonchev–Trinajstić information content (AvgIpc) is 2.80. The molecule has 1 fully saturated rings. The summed E-state index contributed by atoms with van der Waals surface area (Å²) in [5.74, 6) is -0.652. The molecule has 1 heterocycles. The first-order valence-corrected chi connectivity index (χ1v) is 10.4. The zero-order valence-corrected chi connectivity index (χ0v) is 17.2. The second-order valence-electron chi connectivity index (χ2n) is 7.75.